The molecule has 4 heteroatoms. The van der Waals surface area contributed by atoms with Crippen LogP contribution in [0.4, 0.5) is 0 Å². The molecule has 1 fully saturated rings. The Balaban J connectivity index is 1.80. The zero-order valence-electron chi connectivity index (χ0n) is 11.2. The molecule has 0 radical (unpaired) electrons. The van der Waals surface area contributed by atoms with Gasteiger partial charge in [0, 0.05) is 11.4 Å². The van der Waals surface area contributed by atoms with Crippen molar-refractivity contribution >= 4 is 17.2 Å². The van der Waals surface area contributed by atoms with E-state index in [-0.39, 0.29) is 18.6 Å². The fraction of sp³-hybridized carbons (Fsp3) is 0.667. The van der Waals surface area contributed by atoms with Crippen molar-refractivity contribution in [2.75, 3.05) is 13.2 Å². The minimum absolute atomic E-state index is 0.0365. The van der Waals surface area contributed by atoms with Crippen molar-refractivity contribution in [3.05, 3.63) is 21.4 Å². The lowest BCUT2D eigenvalue weighted by Gasteiger charge is -2.22. The Morgan fingerprint density at radius 3 is 3.00 bits per heavy atom. The smallest absolute Gasteiger partial charge is 0.264 e. The number of nitrogens with zero attached hydrogens (tertiary/aromatic N) is 1. The summed E-state index contributed by atoms with van der Waals surface area (Å²) in [4.78, 5) is 16.7. The van der Waals surface area contributed by atoms with E-state index in [9.17, 15) is 9.90 Å². The summed E-state index contributed by atoms with van der Waals surface area (Å²) in [5.41, 5.74) is 1.39. The van der Waals surface area contributed by atoms with Gasteiger partial charge >= 0.3 is 0 Å². The molecule has 1 aromatic heterocycles. The van der Waals surface area contributed by atoms with Crippen molar-refractivity contribution in [3.63, 3.8) is 0 Å². The standard InChI is InChI=1S/C15H21NO2S/c17-10-12-6-4-8-16(12)15(18)14-9-11-5-2-1-3-7-13(11)19-14/h9,12,17H,1-8,10H2. The van der Waals surface area contributed by atoms with Crippen LogP contribution in [0, 0.1) is 0 Å². The summed E-state index contributed by atoms with van der Waals surface area (Å²) in [6, 6.07) is 2.15. The number of carbonyl (C=O) groups is 1. The normalized spacial score (nSPS) is 23.2. The highest BCUT2D eigenvalue weighted by molar-refractivity contribution is 7.14. The van der Waals surface area contributed by atoms with Gasteiger partial charge in [0.25, 0.3) is 5.91 Å². The van der Waals surface area contributed by atoms with Gasteiger partial charge in [-0.1, -0.05) is 6.42 Å². The van der Waals surface area contributed by atoms with Crippen LogP contribution in [-0.4, -0.2) is 35.1 Å². The molecule has 104 valence electrons. The highest BCUT2D eigenvalue weighted by Crippen LogP contribution is 2.31. The van der Waals surface area contributed by atoms with Crippen LogP contribution < -0.4 is 0 Å². The van der Waals surface area contributed by atoms with E-state index in [0.29, 0.717) is 0 Å². The molecule has 1 aromatic rings. The largest absolute Gasteiger partial charge is 0.394 e. The topological polar surface area (TPSA) is 40.5 Å². The average molecular weight is 279 g/mol. The fourth-order valence-corrected chi connectivity index (χ4v) is 4.42. The Labute approximate surface area is 118 Å². The molecule has 1 amide bonds. The maximum atomic E-state index is 12.5. The van der Waals surface area contributed by atoms with E-state index in [2.05, 4.69) is 6.07 Å². The van der Waals surface area contributed by atoms with Crippen LogP contribution in [0.1, 0.15) is 52.2 Å². The molecule has 1 unspecified atom stereocenters. The summed E-state index contributed by atoms with van der Waals surface area (Å²) < 4.78 is 0. The van der Waals surface area contributed by atoms with Crippen molar-refractivity contribution in [1.29, 1.82) is 0 Å². The molecule has 1 N–H and O–H groups in total. The number of rotatable bonds is 2. The van der Waals surface area contributed by atoms with Crippen LogP contribution in [0.3, 0.4) is 0 Å². The lowest BCUT2D eigenvalue weighted by Crippen LogP contribution is -2.37. The molecular formula is C15H21NO2S. The summed E-state index contributed by atoms with van der Waals surface area (Å²) in [5, 5.41) is 9.34. The lowest BCUT2D eigenvalue weighted by atomic mass is 10.1. The van der Waals surface area contributed by atoms with Gasteiger partial charge in [-0.05, 0) is 50.2 Å². The highest BCUT2D eigenvalue weighted by Gasteiger charge is 2.30. The van der Waals surface area contributed by atoms with Crippen molar-refractivity contribution in [2.24, 2.45) is 0 Å². The minimum atomic E-state index is 0.0365. The maximum absolute atomic E-state index is 12.5. The number of aliphatic hydroxyl groups is 1. The molecule has 2 aliphatic rings. The number of thiophene rings is 1. The monoisotopic (exact) mass is 279 g/mol. The molecule has 0 saturated carbocycles. The van der Waals surface area contributed by atoms with Crippen LogP contribution in [0.15, 0.2) is 6.07 Å². The Morgan fingerprint density at radius 2 is 2.16 bits per heavy atom. The summed E-state index contributed by atoms with van der Waals surface area (Å²) in [7, 11) is 0. The summed E-state index contributed by atoms with van der Waals surface area (Å²) in [6.07, 6.45) is 8.03. The van der Waals surface area contributed by atoms with Gasteiger partial charge in [-0.15, -0.1) is 11.3 Å². The van der Waals surface area contributed by atoms with Crippen molar-refractivity contribution in [1.82, 2.24) is 4.90 Å². The molecule has 1 aliphatic carbocycles. The van der Waals surface area contributed by atoms with Gasteiger partial charge < -0.3 is 10.0 Å². The van der Waals surface area contributed by atoms with Crippen molar-refractivity contribution < 1.29 is 9.90 Å². The molecule has 3 nitrogen and oxygen atoms in total. The van der Waals surface area contributed by atoms with E-state index in [0.717, 1.165) is 37.1 Å². The molecule has 1 atom stereocenters. The van der Waals surface area contributed by atoms with E-state index in [4.69, 9.17) is 0 Å². The molecule has 0 bridgehead atoms. The van der Waals surface area contributed by atoms with Crippen LogP contribution >= 0.6 is 11.3 Å². The van der Waals surface area contributed by atoms with Gasteiger partial charge in [0.05, 0.1) is 17.5 Å². The third kappa shape index (κ3) is 2.56. The first-order valence-corrected chi connectivity index (χ1v) is 8.14. The van der Waals surface area contributed by atoms with E-state index in [1.165, 1.54) is 29.7 Å². The van der Waals surface area contributed by atoms with Crippen molar-refractivity contribution in [3.8, 4) is 0 Å². The first kappa shape index (κ1) is 13.1. The molecule has 0 aromatic carbocycles. The number of hydrogen-bond acceptors (Lipinski definition) is 3. The second-order valence-corrected chi connectivity index (χ2v) is 6.73. The number of carbonyl (C=O) groups excluding carboxylic acids is 1. The second-order valence-electron chi connectivity index (χ2n) is 5.60. The summed E-state index contributed by atoms with van der Waals surface area (Å²) >= 11 is 1.68. The zero-order chi connectivity index (χ0) is 13.2. The molecule has 1 saturated heterocycles. The number of hydrogen-bond donors (Lipinski definition) is 1. The van der Waals surface area contributed by atoms with Crippen LogP contribution in [0.5, 0.6) is 0 Å². The number of aryl methyl sites for hydroxylation is 2. The summed E-state index contributed by atoms with van der Waals surface area (Å²) in [5.74, 6) is 0.134. The van der Waals surface area contributed by atoms with Crippen LogP contribution in [0.2, 0.25) is 0 Å². The van der Waals surface area contributed by atoms with Gasteiger partial charge in [0.2, 0.25) is 0 Å². The Bertz CT molecular complexity index is 445. The predicted octanol–water partition coefficient (Wildman–Crippen LogP) is 2.61. The lowest BCUT2D eigenvalue weighted by molar-refractivity contribution is 0.0682. The van der Waals surface area contributed by atoms with Crippen LogP contribution in [-0.2, 0) is 12.8 Å². The number of aliphatic hydroxyl groups excluding tert-OH is 1. The second kappa shape index (κ2) is 5.63. The van der Waals surface area contributed by atoms with Gasteiger partial charge in [-0.3, -0.25) is 4.79 Å². The molecular weight excluding hydrogens is 258 g/mol. The Kier molecular flexibility index (Phi) is 3.89. The zero-order valence-corrected chi connectivity index (χ0v) is 12.0. The third-order valence-corrected chi connectivity index (χ3v) is 5.53. The predicted molar refractivity (Wildman–Crippen MR) is 76.7 cm³/mol. The van der Waals surface area contributed by atoms with Gasteiger partial charge in [-0.2, -0.15) is 0 Å². The summed E-state index contributed by atoms with van der Waals surface area (Å²) in [6.45, 7) is 0.892. The highest BCUT2D eigenvalue weighted by atomic mass is 32.1. The van der Waals surface area contributed by atoms with E-state index in [1.807, 2.05) is 4.90 Å². The van der Waals surface area contributed by atoms with Crippen LogP contribution in [0.25, 0.3) is 0 Å². The van der Waals surface area contributed by atoms with E-state index in [1.54, 1.807) is 11.3 Å². The number of likely N-dealkylation sites (tertiary alicyclic amines) is 1. The molecule has 19 heavy (non-hydrogen) atoms. The fourth-order valence-electron chi connectivity index (χ4n) is 3.21. The van der Waals surface area contributed by atoms with Gasteiger partial charge in [-0.25, -0.2) is 0 Å². The number of amides is 1. The first-order valence-electron chi connectivity index (χ1n) is 7.33. The quantitative estimate of drug-likeness (QED) is 0.845. The SMILES string of the molecule is O=C(c1cc2c(s1)CCCCC2)N1CCCC1CO. The average Bonchev–Trinajstić information content (AvgIpc) is 3.00. The van der Waals surface area contributed by atoms with Gasteiger partial charge in [0.15, 0.2) is 0 Å². The maximum Gasteiger partial charge on any atom is 0.264 e. The molecule has 0 spiro atoms. The Hall–Kier alpha value is -0.870. The van der Waals surface area contributed by atoms with Gasteiger partial charge in [0.1, 0.15) is 0 Å². The van der Waals surface area contributed by atoms with Crippen molar-refractivity contribution in [2.45, 2.75) is 51.0 Å². The minimum Gasteiger partial charge on any atom is -0.394 e. The molecule has 3 rings (SSSR count). The van der Waals surface area contributed by atoms with E-state index < -0.39 is 0 Å². The first-order chi connectivity index (χ1) is 9.29. The number of fused-ring (bicyclic) bond motifs is 1. The third-order valence-electron chi connectivity index (χ3n) is 4.31. The molecule has 1 aliphatic heterocycles. The molecule has 2 heterocycles. The Morgan fingerprint density at radius 1 is 1.32 bits per heavy atom. The van der Waals surface area contributed by atoms with E-state index >= 15 is 0 Å².